The van der Waals surface area contributed by atoms with Gasteiger partial charge in [0.15, 0.2) is 0 Å². The highest BCUT2D eigenvalue weighted by molar-refractivity contribution is 7.86. The maximum absolute atomic E-state index is 11.7. The Labute approximate surface area is 89.2 Å². The first-order valence-electron chi connectivity index (χ1n) is 5.18. The fourth-order valence-electron chi connectivity index (χ4n) is 1.68. The van der Waals surface area contributed by atoms with E-state index < -0.39 is 10.8 Å². The molecule has 14 heavy (non-hydrogen) atoms. The first-order valence-corrected chi connectivity index (χ1v) is 6.50. The summed E-state index contributed by atoms with van der Waals surface area (Å²) in [4.78, 5) is 0. The van der Waals surface area contributed by atoms with Gasteiger partial charge in [0, 0.05) is 21.3 Å². The van der Waals surface area contributed by atoms with Crippen molar-refractivity contribution in [3.05, 3.63) is 11.8 Å². The van der Waals surface area contributed by atoms with Gasteiger partial charge in [-0.15, -0.1) is 0 Å². The average molecular weight is 216 g/mol. The third-order valence-corrected chi connectivity index (χ3v) is 4.82. The van der Waals surface area contributed by atoms with Gasteiger partial charge in [0.25, 0.3) is 0 Å². The van der Waals surface area contributed by atoms with E-state index in [4.69, 9.17) is 4.74 Å². The monoisotopic (exact) mass is 216 g/mol. The fraction of sp³-hybridized carbons (Fsp3) is 0.818. The molecule has 0 spiro atoms. The molecule has 0 aliphatic carbocycles. The van der Waals surface area contributed by atoms with Crippen LogP contribution in [0.1, 0.15) is 40.0 Å². The molecule has 0 radical (unpaired) electrons. The molecule has 2 atom stereocenters. The Kier molecular flexibility index (Phi) is 4.17. The zero-order chi connectivity index (χ0) is 10.6. The highest BCUT2D eigenvalue weighted by Crippen LogP contribution is 2.31. The molecule has 2 nitrogen and oxygen atoms in total. The SMILES string of the molecule is CC(C)=COCCC1(C)CCCS1=O. The van der Waals surface area contributed by atoms with E-state index in [1.54, 1.807) is 6.26 Å². The largest absolute Gasteiger partial charge is 0.501 e. The predicted molar refractivity (Wildman–Crippen MR) is 60.6 cm³/mol. The van der Waals surface area contributed by atoms with Gasteiger partial charge in [-0.25, -0.2) is 0 Å². The second-order valence-electron chi connectivity index (χ2n) is 4.42. The van der Waals surface area contributed by atoms with Gasteiger partial charge in [0.2, 0.25) is 0 Å². The summed E-state index contributed by atoms with van der Waals surface area (Å²) in [7, 11) is -0.641. The van der Waals surface area contributed by atoms with Crippen LogP contribution in [0.15, 0.2) is 11.8 Å². The van der Waals surface area contributed by atoms with Crippen LogP contribution >= 0.6 is 0 Å². The second-order valence-corrected chi connectivity index (χ2v) is 6.50. The Bertz CT molecular complexity index is 244. The smallest absolute Gasteiger partial charge is 0.0887 e. The molecule has 1 saturated heterocycles. The van der Waals surface area contributed by atoms with Gasteiger partial charge >= 0.3 is 0 Å². The summed E-state index contributed by atoms with van der Waals surface area (Å²) in [5, 5.41) is 0. The molecule has 2 unspecified atom stereocenters. The topological polar surface area (TPSA) is 26.3 Å². The number of allylic oxidation sites excluding steroid dienone is 1. The molecule has 0 saturated carbocycles. The van der Waals surface area contributed by atoms with E-state index in [-0.39, 0.29) is 4.75 Å². The van der Waals surface area contributed by atoms with Gasteiger partial charge in [0.05, 0.1) is 12.9 Å². The third-order valence-electron chi connectivity index (χ3n) is 2.65. The summed E-state index contributed by atoms with van der Waals surface area (Å²) in [5.41, 5.74) is 1.17. The van der Waals surface area contributed by atoms with Crippen LogP contribution in [0.2, 0.25) is 0 Å². The van der Waals surface area contributed by atoms with Crippen molar-refractivity contribution in [1.82, 2.24) is 0 Å². The Morgan fingerprint density at radius 2 is 2.29 bits per heavy atom. The Hall–Kier alpha value is -0.310. The first-order chi connectivity index (χ1) is 6.54. The van der Waals surface area contributed by atoms with Gasteiger partial charge in [-0.3, -0.25) is 4.21 Å². The van der Waals surface area contributed by atoms with E-state index in [1.807, 2.05) is 13.8 Å². The zero-order valence-corrected chi connectivity index (χ0v) is 10.2. The molecule has 0 aromatic rings. The summed E-state index contributed by atoms with van der Waals surface area (Å²) in [6, 6.07) is 0. The van der Waals surface area contributed by atoms with Gasteiger partial charge in [-0.2, -0.15) is 0 Å². The highest BCUT2D eigenvalue weighted by Gasteiger charge is 2.35. The molecule has 0 aromatic heterocycles. The van der Waals surface area contributed by atoms with Crippen molar-refractivity contribution in [2.24, 2.45) is 0 Å². The molecule has 1 aliphatic heterocycles. The van der Waals surface area contributed by atoms with E-state index in [1.165, 1.54) is 5.57 Å². The maximum Gasteiger partial charge on any atom is 0.0887 e. The third kappa shape index (κ3) is 3.12. The van der Waals surface area contributed by atoms with Gasteiger partial charge in [0.1, 0.15) is 0 Å². The average Bonchev–Trinajstić information content (AvgIpc) is 2.42. The lowest BCUT2D eigenvalue weighted by Crippen LogP contribution is -2.27. The van der Waals surface area contributed by atoms with Crippen LogP contribution in [0.5, 0.6) is 0 Å². The number of hydrogen-bond acceptors (Lipinski definition) is 2. The Balaban J connectivity index is 2.30. The van der Waals surface area contributed by atoms with Gasteiger partial charge < -0.3 is 4.74 Å². The quantitative estimate of drug-likeness (QED) is 0.533. The number of rotatable bonds is 4. The summed E-state index contributed by atoms with van der Waals surface area (Å²) < 4.78 is 17.0. The van der Waals surface area contributed by atoms with Crippen LogP contribution in [0.4, 0.5) is 0 Å². The summed E-state index contributed by atoms with van der Waals surface area (Å²) in [6.45, 7) is 6.82. The van der Waals surface area contributed by atoms with Crippen LogP contribution in [0.25, 0.3) is 0 Å². The van der Waals surface area contributed by atoms with E-state index >= 15 is 0 Å². The van der Waals surface area contributed by atoms with Crippen molar-refractivity contribution in [3.63, 3.8) is 0 Å². The minimum atomic E-state index is -0.641. The van der Waals surface area contributed by atoms with E-state index in [0.29, 0.717) is 6.61 Å². The lowest BCUT2D eigenvalue weighted by molar-refractivity contribution is 0.228. The molecular weight excluding hydrogens is 196 g/mol. The normalized spacial score (nSPS) is 31.5. The second kappa shape index (κ2) is 4.96. The van der Waals surface area contributed by atoms with E-state index in [0.717, 1.165) is 25.0 Å². The Morgan fingerprint density at radius 3 is 2.79 bits per heavy atom. The van der Waals surface area contributed by atoms with Crippen molar-refractivity contribution < 1.29 is 8.95 Å². The minimum absolute atomic E-state index is 0.00941. The predicted octanol–water partition coefficient (Wildman–Crippen LogP) is 2.62. The number of ether oxygens (including phenoxy) is 1. The highest BCUT2D eigenvalue weighted by atomic mass is 32.2. The van der Waals surface area contributed by atoms with E-state index in [9.17, 15) is 4.21 Å². The molecule has 0 N–H and O–H groups in total. The molecule has 82 valence electrons. The van der Waals surface area contributed by atoms with Crippen LogP contribution < -0.4 is 0 Å². The lowest BCUT2D eigenvalue weighted by Gasteiger charge is -2.21. The lowest BCUT2D eigenvalue weighted by atomic mass is 10.0. The fourth-order valence-corrected chi connectivity index (χ4v) is 3.26. The first kappa shape index (κ1) is 11.8. The van der Waals surface area contributed by atoms with Crippen molar-refractivity contribution in [2.75, 3.05) is 12.4 Å². The van der Waals surface area contributed by atoms with Crippen LogP contribution in [0, 0.1) is 0 Å². The molecule has 0 bridgehead atoms. The molecule has 0 amide bonds. The molecular formula is C11H20O2S. The summed E-state index contributed by atoms with van der Waals surface area (Å²) in [5.74, 6) is 0.874. The van der Waals surface area contributed by atoms with Crippen molar-refractivity contribution in [1.29, 1.82) is 0 Å². The molecule has 1 aliphatic rings. The maximum atomic E-state index is 11.7. The minimum Gasteiger partial charge on any atom is -0.501 e. The van der Waals surface area contributed by atoms with Crippen molar-refractivity contribution in [2.45, 2.75) is 44.8 Å². The molecule has 1 heterocycles. The van der Waals surface area contributed by atoms with Crippen LogP contribution in [-0.4, -0.2) is 21.3 Å². The molecule has 3 heteroatoms. The molecule has 1 rings (SSSR count). The van der Waals surface area contributed by atoms with Gasteiger partial charge in [-0.05, 0) is 45.6 Å². The summed E-state index contributed by atoms with van der Waals surface area (Å²) >= 11 is 0. The zero-order valence-electron chi connectivity index (χ0n) is 9.34. The molecule has 1 fully saturated rings. The van der Waals surface area contributed by atoms with Crippen molar-refractivity contribution in [3.8, 4) is 0 Å². The van der Waals surface area contributed by atoms with Gasteiger partial charge in [-0.1, -0.05) is 0 Å². The van der Waals surface area contributed by atoms with E-state index in [2.05, 4.69) is 6.92 Å². The standard InChI is InChI=1S/C11H20O2S/c1-10(2)9-13-7-6-11(3)5-4-8-14(11)12/h9H,4-8H2,1-3H3. The van der Waals surface area contributed by atoms with Crippen LogP contribution in [-0.2, 0) is 15.5 Å². The Morgan fingerprint density at radius 1 is 1.57 bits per heavy atom. The number of hydrogen-bond donors (Lipinski definition) is 0. The van der Waals surface area contributed by atoms with Crippen molar-refractivity contribution >= 4 is 10.8 Å². The summed E-state index contributed by atoms with van der Waals surface area (Å²) in [6.07, 6.45) is 4.87. The molecule has 0 aromatic carbocycles. The van der Waals surface area contributed by atoms with Crippen LogP contribution in [0.3, 0.4) is 0 Å².